The third-order valence-electron chi connectivity index (χ3n) is 6.92. The third kappa shape index (κ3) is 4.74. The van der Waals surface area contributed by atoms with Crippen LogP contribution in [0.5, 0.6) is 0 Å². The fraction of sp³-hybridized carbons (Fsp3) is 0.478. The van der Waals surface area contributed by atoms with Gasteiger partial charge in [0.2, 0.25) is 17.8 Å². The third-order valence-corrected chi connectivity index (χ3v) is 7.21. The summed E-state index contributed by atoms with van der Waals surface area (Å²) >= 11 is 5.88. The van der Waals surface area contributed by atoms with E-state index in [9.17, 15) is 18.7 Å². The summed E-state index contributed by atoms with van der Waals surface area (Å²) in [6, 6.07) is 2.16. The van der Waals surface area contributed by atoms with Crippen molar-refractivity contribution in [1.82, 2.24) is 19.5 Å². The second-order valence-electron chi connectivity index (χ2n) is 9.27. The molecule has 2 aliphatic carbocycles. The van der Waals surface area contributed by atoms with Crippen LogP contribution >= 0.6 is 11.6 Å². The van der Waals surface area contributed by atoms with Gasteiger partial charge in [0.15, 0.2) is 11.5 Å². The van der Waals surface area contributed by atoms with Crippen LogP contribution in [0.2, 0.25) is 5.02 Å². The predicted molar refractivity (Wildman–Crippen MR) is 127 cm³/mol. The molecule has 0 aliphatic heterocycles. The van der Waals surface area contributed by atoms with Gasteiger partial charge in [-0.05, 0) is 57.1 Å². The number of carbonyl (C=O) groups excluding carboxylic acids is 1. The van der Waals surface area contributed by atoms with Crippen molar-refractivity contribution in [1.29, 1.82) is 0 Å². The van der Waals surface area contributed by atoms with E-state index in [2.05, 4.69) is 25.6 Å². The van der Waals surface area contributed by atoms with Crippen molar-refractivity contribution in [3.8, 4) is 0 Å². The molecule has 5 N–H and O–H groups in total. The van der Waals surface area contributed by atoms with E-state index < -0.39 is 17.3 Å². The van der Waals surface area contributed by atoms with E-state index in [1.807, 2.05) is 4.57 Å². The Balaban J connectivity index is 1.53. The van der Waals surface area contributed by atoms with E-state index in [0.29, 0.717) is 55.6 Å². The van der Waals surface area contributed by atoms with Crippen molar-refractivity contribution >= 4 is 46.3 Å². The number of imidazole rings is 1. The van der Waals surface area contributed by atoms with E-state index in [1.54, 1.807) is 6.20 Å². The molecule has 1 amide bonds. The molecule has 2 heterocycles. The van der Waals surface area contributed by atoms with Crippen molar-refractivity contribution in [3.63, 3.8) is 0 Å². The molecule has 0 unspecified atom stereocenters. The van der Waals surface area contributed by atoms with Crippen LogP contribution in [0, 0.1) is 17.6 Å². The van der Waals surface area contributed by atoms with Crippen LogP contribution < -0.4 is 16.4 Å². The summed E-state index contributed by atoms with van der Waals surface area (Å²) in [6.07, 6.45) is 5.76. The minimum absolute atomic E-state index is 0.0528. The molecule has 0 saturated heterocycles. The highest BCUT2D eigenvalue weighted by molar-refractivity contribution is 6.31. The lowest BCUT2D eigenvalue weighted by molar-refractivity contribution is -0.122. The van der Waals surface area contributed by atoms with E-state index in [4.69, 9.17) is 17.3 Å². The normalized spacial score (nSPS) is 24.6. The number of halogens is 3. The van der Waals surface area contributed by atoms with E-state index in [-0.39, 0.29) is 41.0 Å². The fourth-order valence-corrected chi connectivity index (χ4v) is 5.20. The number of hydrogen-bond donors (Lipinski definition) is 4. The molecule has 1 aromatic carbocycles. The number of nitrogens with two attached hydrogens (primary N) is 1. The lowest BCUT2D eigenvalue weighted by atomic mass is 9.85. The molecule has 12 heteroatoms. The zero-order chi connectivity index (χ0) is 24.7. The van der Waals surface area contributed by atoms with E-state index in [0.717, 1.165) is 18.6 Å². The van der Waals surface area contributed by atoms with Gasteiger partial charge >= 0.3 is 0 Å². The Morgan fingerprint density at radius 3 is 2.60 bits per heavy atom. The first-order chi connectivity index (χ1) is 16.8. The van der Waals surface area contributed by atoms with Gasteiger partial charge in [-0.1, -0.05) is 11.6 Å². The zero-order valence-corrected chi connectivity index (χ0v) is 19.6. The molecule has 2 atom stereocenters. The molecule has 2 saturated carbocycles. The number of anilines is 3. The van der Waals surface area contributed by atoms with E-state index >= 15 is 0 Å². The van der Waals surface area contributed by atoms with Gasteiger partial charge < -0.3 is 21.5 Å². The maximum atomic E-state index is 14.7. The maximum Gasteiger partial charge on any atom is 0.224 e. The van der Waals surface area contributed by atoms with Gasteiger partial charge in [0.25, 0.3) is 0 Å². The minimum Gasteiger partial charge on any atom is -0.393 e. The molecule has 0 radical (unpaired) electrons. The summed E-state index contributed by atoms with van der Waals surface area (Å²) in [4.78, 5) is 25.2. The molecule has 0 spiro atoms. The second kappa shape index (κ2) is 9.54. The molecule has 2 aliphatic rings. The van der Waals surface area contributed by atoms with Gasteiger partial charge in [-0.15, -0.1) is 0 Å². The number of nitrogens with zero attached hydrogens (tertiary/aromatic N) is 4. The average Bonchev–Trinajstić information content (AvgIpc) is 3.41. The van der Waals surface area contributed by atoms with Gasteiger partial charge in [-0.3, -0.25) is 9.36 Å². The summed E-state index contributed by atoms with van der Waals surface area (Å²) in [5.74, 6) is -1.68. The number of aliphatic hydroxyl groups excluding tert-OH is 1. The Morgan fingerprint density at radius 1 is 1.14 bits per heavy atom. The highest BCUT2D eigenvalue weighted by Crippen LogP contribution is 2.38. The highest BCUT2D eigenvalue weighted by atomic mass is 35.5. The Labute approximate surface area is 205 Å². The number of aromatic nitrogens is 4. The smallest absolute Gasteiger partial charge is 0.224 e. The number of fused-ring (bicyclic) bond motifs is 1. The molecule has 2 aromatic heterocycles. The van der Waals surface area contributed by atoms with Crippen LogP contribution in [0.1, 0.15) is 51.0 Å². The maximum absolute atomic E-state index is 14.7. The van der Waals surface area contributed by atoms with Gasteiger partial charge in [0, 0.05) is 18.0 Å². The molecular weight excluding hydrogens is 480 g/mol. The standard InChI is InChI=1S/C23H26ClF2N7O2/c24-15-7-8-16(25)19(18(15)26)31-23-30-17-10-28-22(29-12-3-6-14(34)9-12)32-21(17)33(23)13-4-1-11(2-5-13)20(27)35/h7-8,10-14,34H,1-6,9H2,(H2,27,35)(H,30,31)(H,28,29,32)/t11?,12-,13?,14-/m1/s1. The summed E-state index contributed by atoms with van der Waals surface area (Å²) in [5, 5.41) is 15.6. The minimum atomic E-state index is -0.920. The molecule has 3 aromatic rings. The van der Waals surface area contributed by atoms with Crippen LogP contribution in [0.25, 0.3) is 11.2 Å². The highest BCUT2D eigenvalue weighted by Gasteiger charge is 2.30. The van der Waals surface area contributed by atoms with E-state index in [1.165, 1.54) is 0 Å². The number of hydrogen-bond acceptors (Lipinski definition) is 7. The summed E-state index contributed by atoms with van der Waals surface area (Å²) in [6.45, 7) is 0. The molecule has 2 fully saturated rings. The number of aliphatic hydroxyl groups is 1. The Kier molecular flexibility index (Phi) is 6.45. The second-order valence-corrected chi connectivity index (χ2v) is 9.67. The summed E-state index contributed by atoms with van der Waals surface area (Å²) < 4.78 is 31.0. The lowest BCUT2D eigenvalue weighted by Crippen LogP contribution is -2.29. The fourth-order valence-electron chi connectivity index (χ4n) is 5.04. The quantitative estimate of drug-likeness (QED) is 0.372. The summed E-state index contributed by atoms with van der Waals surface area (Å²) in [5.41, 5.74) is 6.03. The largest absolute Gasteiger partial charge is 0.393 e. The molecule has 5 rings (SSSR count). The van der Waals surface area contributed by atoms with Crippen molar-refractivity contribution in [2.75, 3.05) is 10.6 Å². The van der Waals surface area contributed by atoms with Gasteiger partial charge in [0.1, 0.15) is 17.0 Å². The first-order valence-electron chi connectivity index (χ1n) is 11.7. The SMILES string of the molecule is NC(=O)C1CCC(n2c(Nc3c(F)ccc(Cl)c3F)nc3cnc(N[C@@H]4CC[C@@H](O)C4)nc32)CC1. The number of primary amides is 1. The number of benzene rings is 1. The first kappa shape index (κ1) is 23.7. The average molecular weight is 506 g/mol. The summed E-state index contributed by atoms with van der Waals surface area (Å²) in [7, 11) is 0. The molecule has 186 valence electrons. The number of nitrogens with one attached hydrogen (secondary N) is 2. The Morgan fingerprint density at radius 2 is 1.91 bits per heavy atom. The van der Waals surface area contributed by atoms with Crippen molar-refractivity contribution in [2.45, 2.75) is 63.1 Å². The topological polar surface area (TPSA) is 131 Å². The lowest BCUT2D eigenvalue weighted by Gasteiger charge is -2.29. The van der Waals surface area contributed by atoms with Crippen molar-refractivity contribution in [3.05, 3.63) is 35.0 Å². The van der Waals surface area contributed by atoms with Crippen molar-refractivity contribution < 1.29 is 18.7 Å². The van der Waals surface area contributed by atoms with Gasteiger partial charge in [0.05, 0.1) is 17.3 Å². The number of rotatable bonds is 6. The number of carbonyl (C=O) groups is 1. The van der Waals surface area contributed by atoms with Gasteiger partial charge in [-0.25, -0.2) is 18.7 Å². The molecule has 35 heavy (non-hydrogen) atoms. The molecule has 9 nitrogen and oxygen atoms in total. The van der Waals surface area contributed by atoms with Crippen molar-refractivity contribution in [2.24, 2.45) is 11.7 Å². The van der Waals surface area contributed by atoms with Crippen LogP contribution in [0.15, 0.2) is 18.3 Å². The van der Waals surface area contributed by atoms with Gasteiger partial charge in [-0.2, -0.15) is 4.98 Å². The van der Waals surface area contributed by atoms with Crippen LogP contribution in [-0.2, 0) is 4.79 Å². The number of amides is 1. The van der Waals surface area contributed by atoms with Crippen LogP contribution in [-0.4, -0.2) is 42.7 Å². The zero-order valence-electron chi connectivity index (χ0n) is 18.8. The monoisotopic (exact) mass is 505 g/mol. The van der Waals surface area contributed by atoms with Crippen LogP contribution in [0.3, 0.4) is 0 Å². The molecular formula is C23H26ClF2N7O2. The van der Waals surface area contributed by atoms with Crippen LogP contribution in [0.4, 0.5) is 26.4 Å². The Bertz CT molecular complexity index is 1260. The molecule has 0 bridgehead atoms. The predicted octanol–water partition coefficient (Wildman–Crippen LogP) is 4.04. The first-order valence-corrected chi connectivity index (χ1v) is 12.1. The Hall–Kier alpha value is -3.05.